The van der Waals surface area contributed by atoms with Gasteiger partial charge in [-0.05, 0) is 35.9 Å². The molecule has 0 radical (unpaired) electrons. The zero-order chi connectivity index (χ0) is 20.4. The van der Waals surface area contributed by atoms with E-state index in [0.717, 1.165) is 22.0 Å². The van der Waals surface area contributed by atoms with Crippen molar-refractivity contribution in [3.05, 3.63) is 67.0 Å². The number of hydrogen-bond donors (Lipinski definition) is 2. The molecule has 0 atom stereocenters. The van der Waals surface area contributed by atoms with Crippen LogP contribution in [0.1, 0.15) is 0 Å². The van der Waals surface area contributed by atoms with Gasteiger partial charge >= 0.3 is 0 Å². The largest absolute Gasteiger partial charge is 0.481 e. The molecule has 2 aromatic carbocycles. The number of ether oxygens (including phenoxy) is 1. The number of anilines is 2. The van der Waals surface area contributed by atoms with E-state index in [1.165, 1.54) is 12.1 Å². The van der Waals surface area contributed by atoms with E-state index in [-0.39, 0.29) is 4.90 Å². The molecule has 0 unspecified atom stereocenters. The first-order valence-electron chi connectivity index (χ1n) is 8.60. The summed E-state index contributed by atoms with van der Waals surface area (Å²) < 4.78 is 28.0. The Morgan fingerprint density at radius 2 is 1.83 bits per heavy atom. The third kappa shape index (κ3) is 4.00. The van der Waals surface area contributed by atoms with Gasteiger partial charge in [-0.3, -0.25) is 0 Å². The summed E-state index contributed by atoms with van der Waals surface area (Å²) in [5.41, 5.74) is 3.24. The van der Waals surface area contributed by atoms with Crippen LogP contribution in [0.3, 0.4) is 0 Å². The van der Waals surface area contributed by atoms with Crippen molar-refractivity contribution in [1.29, 1.82) is 0 Å². The van der Waals surface area contributed by atoms with E-state index in [9.17, 15) is 8.42 Å². The lowest BCUT2D eigenvalue weighted by Gasteiger charge is -2.10. The molecule has 0 saturated heterocycles. The van der Waals surface area contributed by atoms with Crippen LogP contribution in [0, 0.1) is 0 Å². The second-order valence-corrected chi connectivity index (χ2v) is 7.78. The number of para-hydroxylation sites is 1. The molecule has 0 aliphatic carbocycles. The normalized spacial score (nSPS) is 11.4. The van der Waals surface area contributed by atoms with Crippen LogP contribution in [-0.4, -0.2) is 30.5 Å². The third-order valence-electron chi connectivity index (χ3n) is 4.30. The summed E-state index contributed by atoms with van der Waals surface area (Å²) in [6.07, 6.45) is 3.41. The van der Waals surface area contributed by atoms with Crippen LogP contribution < -0.4 is 15.2 Å². The molecule has 29 heavy (non-hydrogen) atoms. The Morgan fingerprint density at radius 3 is 2.55 bits per heavy atom. The number of hydrogen-bond acceptors (Lipinski definition) is 7. The Hall–Kier alpha value is -3.56. The molecule has 2 heterocycles. The number of benzene rings is 2. The minimum absolute atomic E-state index is 0.0383. The van der Waals surface area contributed by atoms with Crippen molar-refractivity contribution in [2.24, 2.45) is 5.14 Å². The number of primary sulfonamides is 1. The number of fused-ring (bicyclic) bond motifs is 1. The Morgan fingerprint density at radius 1 is 1.03 bits per heavy atom. The quantitative estimate of drug-likeness (QED) is 0.521. The molecule has 0 spiro atoms. The van der Waals surface area contributed by atoms with Crippen LogP contribution in [0.2, 0.25) is 0 Å². The highest BCUT2D eigenvalue weighted by Crippen LogP contribution is 2.29. The van der Waals surface area contributed by atoms with E-state index in [1.807, 2.05) is 30.3 Å². The van der Waals surface area contributed by atoms with E-state index in [2.05, 4.69) is 20.3 Å². The van der Waals surface area contributed by atoms with Gasteiger partial charge in [-0.2, -0.15) is 0 Å². The first kappa shape index (κ1) is 18.8. The molecule has 0 fully saturated rings. The predicted molar refractivity (Wildman–Crippen MR) is 110 cm³/mol. The van der Waals surface area contributed by atoms with Crippen LogP contribution in [0.5, 0.6) is 5.88 Å². The van der Waals surface area contributed by atoms with Crippen molar-refractivity contribution in [2.45, 2.75) is 4.90 Å². The summed E-state index contributed by atoms with van der Waals surface area (Å²) in [4.78, 5) is 13.2. The van der Waals surface area contributed by atoms with Gasteiger partial charge in [0.25, 0.3) is 0 Å². The first-order chi connectivity index (χ1) is 13.9. The summed E-state index contributed by atoms with van der Waals surface area (Å²) in [6, 6.07) is 15.6. The Balaban J connectivity index is 1.72. The second kappa shape index (κ2) is 7.46. The van der Waals surface area contributed by atoms with Crippen LogP contribution in [0.25, 0.3) is 22.0 Å². The van der Waals surface area contributed by atoms with E-state index < -0.39 is 10.0 Å². The average molecular weight is 407 g/mol. The van der Waals surface area contributed by atoms with Crippen LogP contribution in [0.4, 0.5) is 11.6 Å². The van der Waals surface area contributed by atoms with Gasteiger partial charge in [-0.25, -0.2) is 28.5 Å². The molecule has 0 aliphatic heterocycles. The van der Waals surface area contributed by atoms with Crippen molar-refractivity contribution in [1.82, 2.24) is 15.0 Å². The molecule has 4 aromatic rings. The summed E-state index contributed by atoms with van der Waals surface area (Å²) in [5, 5.41) is 9.09. The fourth-order valence-electron chi connectivity index (χ4n) is 2.89. The second-order valence-electron chi connectivity index (χ2n) is 6.22. The molecule has 8 nitrogen and oxygen atoms in total. The molecule has 0 amide bonds. The Kier molecular flexibility index (Phi) is 4.83. The lowest BCUT2D eigenvalue weighted by atomic mass is 10.0. The lowest BCUT2D eigenvalue weighted by molar-refractivity contribution is 0.398. The standard InChI is InChI=1S/C20H17N5O3S/c1-28-18-11-13(9-10-22-18)17-4-2-3-14-12-23-20(25-19(14)17)24-15-5-7-16(8-6-15)29(21,26)27/h2-12H,1H3,(H2,21,26,27)(H,23,24,25). The SMILES string of the molecule is COc1cc(-c2cccc3cnc(Nc4ccc(S(N)(=O)=O)cc4)nc23)ccn1. The van der Waals surface area contributed by atoms with E-state index >= 15 is 0 Å². The summed E-state index contributed by atoms with van der Waals surface area (Å²) in [5.74, 6) is 0.899. The number of nitrogens with one attached hydrogen (secondary N) is 1. The van der Waals surface area contributed by atoms with Crippen molar-refractivity contribution < 1.29 is 13.2 Å². The maximum atomic E-state index is 11.4. The first-order valence-corrected chi connectivity index (χ1v) is 10.1. The minimum Gasteiger partial charge on any atom is -0.481 e. The average Bonchev–Trinajstić information content (AvgIpc) is 2.73. The smallest absolute Gasteiger partial charge is 0.238 e. The van der Waals surface area contributed by atoms with Crippen molar-refractivity contribution in [3.8, 4) is 17.0 Å². The monoisotopic (exact) mass is 407 g/mol. The van der Waals surface area contributed by atoms with Gasteiger partial charge in [0.1, 0.15) is 0 Å². The van der Waals surface area contributed by atoms with Gasteiger partial charge in [0.05, 0.1) is 17.5 Å². The summed E-state index contributed by atoms with van der Waals surface area (Å²) in [6.45, 7) is 0. The lowest BCUT2D eigenvalue weighted by Crippen LogP contribution is -2.11. The predicted octanol–water partition coefficient (Wildman–Crippen LogP) is 3.09. The van der Waals surface area contributed by atoms with Gasteiger partial charge < -0.3 is 10.1 Å². The van der Waals surface area contributed by atoms with E-state index in [1.54, 1.807) is 31.6 Å². The molecule has 0 bridgehead atoms. The fourth-order valence-corrected chi connectivity index (χ4v) is 3.41. The summed E-state index contributed by atoms with van der Waals surface area (Å²) >= 11 is 0. The molecule has 4 rings (SSSR count). The van der Waals surface area contributed by atoms with E-state index in [4.69, 9.17) is 9.88 Å². The number of aromatic nitrogens is 3. The van der Waals surface area contributed by atoms with Gasteiger partial charge in [-0.15, -0.1) is 0 Å². The van der Waals surface area contributed by atoms with Gasteiger partial charge in [0.2, 0.25) is 21.9 Å². The zero-order valence-corrected chi connectivity index (χ0v) is 16.2. The van der Waals surface area contributed by atoms with Crippen LogP contribution >= 0.6 is 0 Å². The van der Waals surface area contributed by atoms with Crippen LogP contribution in [-0.2, 0) is 10.0 Å². The van der Waals surface area contributed by atoms with Gasteiger partial charge in [0, 0.05) is 35.1 Å². The fraction of sp³-hybridized carbons (Fsp3) is 0.0500. The van der Waals surface area contributed by atoms with Crippen molar-refractivity contribution in [3.63, 3.8) is 0 Å². The molecule has 0 saturated carbocycles. The number of sulfonamides is 1. The van der Waals surface area contributed by atoms with E-state index in [0.29, 0.717) is 17.5 Å². The molecular weight excluding hydrogens is 390 g/mol. The maximum absolute atomic E-state index is 11.4. The Bertz CT molecular complexity index is 1290. The van der Waals surface area contributed by atoms with Crippen molar-refractivity contribution in [2.75, 3.05) is 12.4 Å². The number of nitrogens with zero attached hydrogens (tertiary/aromatic N) is 3. The highest BCUT2D eigenvalue weighted by atomic mass is 32.2. The number of pyridine rings is 1. The van der Waals surface area contributed by atoms with Crippen molar-refractivity contribution >= 4 is 32.6 Å². The van der Waals surface area contributed by atoms with Gasteiger partial charge in [-0.1, -0.05) is 18.2 Å². The molecule has 3 N–H and O–H groups in total. The number of nitrogens with two attached hydrogens (primary N) is 1. The molecule has 9 heteroatoms. The highest BCUT2D eigenvalue weighted by molar-refractivity contribution is 7.89. The Labute approximate surface area is 167 Å². The minimum atomic E-state index is -3.74. The number of methoxy groups -OCH3 is 1. The molecule has 0 aliphatic rings. The topological polar surface area (TPSA) is 120 Å². The highest BCUT2D eigenvalue weighted by Gasteiger charge is 2.10. The maximum Gasteiger partial charge on any atom is 0.238 e. The molecule has 146 valence electrons. The van der Waals surface area contributed by atoms with Gasteiger partial charge in [0.15, 0.2) is 0 Å². The zero-order valence-electron chi connectivity index (χ0n) is 15.4. The molecular formula is C20H17N5O3S. The molecule has 2 aromatic heterocycles. The number of rotatable bonds is 5. The van der Waals surface area contributed by atoms with Crippen LogP contribution in [0.15, 0.2) is 71.9 Å². The summed E-state index contributed by atoms with van der Waals surface area (Å²) in [7, 11) is -2.17. The third-order valence-corrected chi connectivity index (χ3v) is 5.23.